The second-order valence-electron chi connectivity index (χ2n) is 2.11. The molecule has 2 atom stereocenters. The molecule has 2 aliphatic rings. The maximum Gasteiger partial charge on any atom is 0.402 e. The maximum absolute atomic E-state index is 5.01. The van der Waals surface area contributed by atoms with Crippen LogP contribution in [0.1, 0.15) is 6.92 Å². The summed E-state index contributed by atoms with van der Waals surface area (Å²) in [6, 6.07) is 0. The Kier molecular flexibility index (Phi) is 0.188. The Bertz CT molecular complexity index is 93.4. The maximum atomic E-state index is 5.01. The molecule has 0 saturated carbocycles. The normalized spacial score (nSPS) is 73.0. The quantitative estimate of drug-likeness (QED) is 0.321. The highest BCUT2D eigenvalue weighted by Gasteiger charge is 2.90. The van der Waals surface area contributed by atoms with E-state index < -0.39 is 0 Å². The molecule has 3 heteroatoms. The molecule has 0 aliphatic carbocycles. The van der Waals surface area contributed by atoms with Crippen LogP contribution in [0.25, 0.3) is 0 Å². The van der Waals surface area contributed by atoms with Gasteiger partial charge in [0.1, 0.15) is 7.05 Å². The molecule has 0 amide bonds. The highest BCUT2D eigenvalue weighted by molar-refractivity contribution is 4.71. The van der Waals surface area contributed by atoms with Crippen molar-refractivity contribution in [2.45, 2.75) is 12.8 Å². The molecule has 0 bridgehead atoms. The molecule has 2 heterocycles. The number of nitrogens with one attached hydrogen (secondary N) is 1. The molecular weight excluding hydrogens is 80.0 g/mol. The van der Waals surface area contributed by atoms with Crippen molar-refractivity contribution in [2.24, 2.45) is 0 Å². The van der Waals surface area contributed by atoms with Crippen molar-refractivity contribution in [3.8, 4) is 0 Å². The van der Waals surface area contributed by atoms with Crippen LogP contribution in [0.3, 0.4) is 0 Å². The van der Waals surface area contributed by atoms with Gasteiger partial charge in [0.05, 0.1) is 0 Å². The molecule has 0 aromatic carbocycles. The first kappa shape index (κ1) is 2.96. The number of hydrogen-bond donors (Lipinski definition) is 1. The molecule has 0 aromatic heterocycles. The van der Waals surface area contributed by atoms with E-state index in [4.69, 9.17) is 4.84 Å². The van der Waals surface area contributed by atoms with Crippen LogP contribution in [-0.4, -0.2) is 17.7 Å². The van der Waals surface area contributed by atoms with E-state index in [9.17, 15) is 0 Å². The average molecular weight is 87.1 g/mol. The summed E-state index contributed by atoms with van der Waals surface area (Å²) in [5.41, 5.74) is 3.06. The third-order valence-electron chi connectivity index (χ3n) is 1.51. The summed E-state index contributed by atoms with van der Waals surface area (Å²) < 4.78 is 0.632. The minimum atomic E-state index is 0.0417. The van der Waals surface area contributed by atoms with Crippen LogP contribution >= 0.6 is 0 Å². The number of nitrogens with zero attached hydrogens (tertiary/aromatic N) is 1. The molecule has 2 rings (SSSR count). The first-order valence-electron chi connectivity index (χ1n) is 2.03. The Balaban J connectivity index is 2.34. The van der Waals surface area contributed by atoms with Gasteiger partial charge in [-0.25, -0.2) is 0 Å². The second-order valence-corrected chi connectivity index (χ2v) is 2.11. The monoisotopic (exact) mass is 87.1 g/mol. The Morgan fingerprint density at radius 1 is 1.83 bits per heavy atom. The van der Waals surface area contributed by atoms with Crippen molar-refractivity contribution < 1.29 is 9.59 Å². The largest absolute Gasteiger partial charge is 0.402 e. The lowest BCUT2D eigenvalue weighted by Gasteiger charge is -1.78. The fourth-order valence-corrected chi connectivity index (χ4v) is 0.710. The zero-order valence-electron chi connectivity index (χ0n) is 3.86. The summed E-state index contributed by atoms with van der Waals surface area (Å²) in [7, 11) is 1.99. The Morgan fingerprint density at radius 3 is 2.00 bits per heavy atom. The third kappa shape index (κ3) is 0.113. The summed E-state index contributed by atoms with van der Waals surface area (Å²) in [4.78, 5) is 5.01. The fraction of sp³-hybridized carbons (Fsp3) is 1.00. The van der Waals surface area contributed by atoms with Crippen LogP contribution < -0.4 is 5.43 Å². The van der Waals surface area contributed by atoms with Crippen LogP contribution in [0.4, 0.5) is 0 Å². The molecule has 2 aliphatic heterocycles. The van der Waals surface area contributed by atoms with Crippen molar-refractivity contribution in [3.05, 3.63) is 0 Å². The fourth-order valence-electron chi connectivity index (χ4n) is 0.710. The van der Waals surface area contributed by atoms with E-state index in [1.807, 2.05) is 14.0 Å². The first-order chi connectivity index (χ1) is 2.66. The molecule has 0 radical (unpaired) electrons. The van der Waals surface area contributed by atoms with Crippen LogP contribution in [0.2, 0.25) is 0 Å². The van der Waals surface area contributed by atoms with Gasteiger partial charge in [-0.05, 0) is 10.2 Å². The van der Waals surface area contributed by atoms with Crippen LogP contribution in [0.15, 0.2) is 0 Å². The Labute approximate surface area is 36.0 Å². The molecule has 1 N–H and O–H groups in total. The lowest BCUT2D eigenvalue weighted by atomic mass is 10.7. The summed E-state index contributed by atoms with van der Waals surface area (Å²) in [5, 5.41) is 0. The predicted octanol–water partition coefficient (Wildman–Crippen LogP) is -0.430. The van der Waals surface area contributed by atoms with Crippen molar-refractivity contribution in [1.29, 1.82) is 0 Å². The number of rotatable bonds is 0. The Morgan fingerprint density at radius 2 is 2.00 bits per heavy atom. The lowest BCUT2D eigenvalue weighted by Crippen LogP contribution is -2.14. The van der Waals surface area contributed by atoms with Crippen molar-refractivity contribution >= 4 is 0 Å². The number of hydroxylamine groups is 2. The highest BCUT2D eigenvalue weighted by atomic mass is 17.0. The van der Waals surface area contributed by atoms with Gasteiger partial charge in [0.25, 0.3) is 0 Å². The van der Waals surface area contributed by atoms with E-state index in [2.05, 4.69) is 5.43 Å². The summed E-state index contributed by atoms with van der Waals surface area (Å²) in [6.07, 6.45) is 0. The standard InChI is InChI=1S/C3H7N2O/c1-3-4-5(3,2)6-3/h4H,1-2H3/q+1/t3-,5?/m0/s1. The zero-order valence-corrected chi connectivity index (χ0v) is 3.86. The minimum absolute atomic E-state index is 0.0417. The topological polar surface area (TPSA) is 34.5 Å². The van der Waals surface area contributed by atoms with E-state index in [-0.39, 0.29) is 5.85 Å². The average Bonchev–Trinajstić information content (AvgIpc) is 1.78. The van der Waals surface area contributed by atoms with Gasteiger partial charge in [-0.1, -0.05) is 4.84 Å². The Hall–Kier alpha value is -0.120. The van der Waals surface area contributed by atoms with Gasteiger partial charge in [-0.15, -0.1) is 0 Å². The lowest BCUT2D eigenvalue weighted by molar-refractivity contribution is -0.867. The summed E-state index contributed by atoms with van der Waals surface area (Å²) >= 11 is 0. The first-order valence-corrected chi connectivity index (χ1v) is 2.03. The molecule has 0 aromatic rings. The second kappa shape index (κ2) is 0.381. The van der Waals surface area contributed by atoms with Crippen LogP contribution in [0.5, 0.6) is 0 Å². The van der Waals surface area contributed by atoms with Gasteiger partial charge >= 0.3 is 5.85 Å². The van der Waals surface area contributed by atoms with Crippen molar-refractivity contribution in [2.75, 3.05) is 7.05 Å². The molecule has 2 saturated heterocycles. The van der Waals surface area contributed by atoms with Gasteiger partial charge in [0, 0.05) is 6.92 Å². The van der Waals surface area contributed by atoms with E-state index in [1.165, 1.54) is 0 Å². The SMILES string of the molecule is C[C@]12N[N+]1(C)O2. The van der Waals surface area contributed by atoms with Gasteiger partial charge in [0.15, 0.2) is 0 Å². The van der Waals surface area contributed by atoms with E-state index in [0.717, 1.165) is 0 Å². The molecular formula is C3H7N2O+. The molecule has 2 fully saturated rings. The summed E-state index contributed by atoms with van der Waals surface area (Å²) in [6.45, 7) is 2.02. The van der Waals surface area contributed by atoms with E-state index >= 15 is 0 Å². The van der Waals surface area contributed by atoms with Gasteiger partial charge < -0.3 is 0 Å². The molecule has 34 valence electrons. The van der Waals surface area contributed by atoms with Crippen molar-refractivity contribution in [1.82, 2.24) is 5.43 Å². The van der Waals surface area contributed by atoms with Gasteiger partial charge in [-0.3, -0.25) is 0 Å². The number of fused-ring (bicyclic) bond motifs is 1. The smallest absolute Gasteiger partial charge is 0.0845 e. The zero-order chi connectivity index (χ0) is 4.41. The van der Waals surface area contributed by atoms with Crippen molar-refractivity contribution in [3.63, 3.8) is 0 Å². The molecule has 6 heavy (non-hydrogen) atoms. The molecule has 3 nitrogen and oxygen atoms in total. The van der Waals surface area contributed by atoms with Crippen LogP contribution in [0, 0.1) is 0 Å². The number of quaternary nitrogens is 1. The molecule has 1 unspecified atom stereocenters. The predicted molar refractivity (Wildman–Crippen MR) is 18.8 cm³/mol. The number of hydrogen-bond acceptors (Lipinski definition) is 2. The van der Waals surface area contributed by atoms with Crippen LogP contribution in [-0.2, 0) is 4.84 Å². The van der Waals surface area contributed by atoms with Gasteiger partial charge in [0.2, 0.25) is 0 Å². The van der Waals surface area contributed by atoms with Gasteiger partial charge in [-0.2, -0.15) is 0 Å². The third-order valence-corrected chi connectivity index (χ3v) is 1.51. The highest BCUT2D eigenvalue weighted by Crippen LogP contribution is 2.52. The van der Waals surface area contributed by atoms with E-state index in [0.29, 0.717) is 4.76 Å². The summed E-state index contributed by atoms with van der Waals surface area (Å²) in [5.74, 6) is 0.0417. The van der Waals surface area contributed by atoms with E-state index in [1.54, 1.807) is 0 Å². The molecule has 0 spiro atoms. The minimum Gasteiger partial charge on any atom is -0.0845 e.